The second-order valence-corrected chi connectivity index (χ2v) is 6.23. The van der Waals surface area contributed by atoms with E-state index in [-0.39, 0.29) is 5.54 Å². The van der Waals surface area contributed by atoms with Crippen molar-refractivity contribution in [3.05, 3.63) is 40.3 Å². The van der Waals surface area contributed by atoms with Gasteiger partial charge in [-0.2, -0.15) is 0 Å². The molecule has 0 unspecified atom stereocenters. The van der Waals surface area contributed by atoms with Crippen LogP contribution in [0.1, 0.15) is 20.8 Å². The van der Waals surface area contributed by atoms with E-state index < -0.39 is 0 Å². The lowest BCUT2D eigenvalue weighted by Gasteiger charge is -2.24. The monoisotopic (exact) mass is 266 g/mol. The van der Waals surface area contributed by atoms with Gasteiger partial charge >= 0.3 is 0 Å². The summed E-state index contributed by atoms with van der Waals surface area (Å²) in [6.45, 7) is 6.28. The van der Waals surface area contributed by atoms with E-state index >= 15 is 0 Å². The SMILES string of the molecule is CC1=CC(C)(C)N=C(Nc2cccc(Cl)c2)S1. The quantitative estimate of drug-likeness (QED) is 0.807. The molecule has 0 atom stereocenters. The Labute approximate surface area is 111 Å². The van der Waals surface area contributed by atoms with Crippen LogP contribution in [-0.2, 0) is 0 Å². The molecule has 17 heavy (non-hydrogen) atoms. The Bertz CT molecular complexity index is 492. The Hall–Kier alpha value is -0.930. The largest absolute Gasteiger partial charge is 0.335 e. The molecule has 0 saturated carbocycles. The van der Waals surface area contributed by atoms with Gasteiger partial charge in [-0.15, -0.1) is 0 Å². The van der Waals surface area contributed by atoms with Gasteiger partial charge in [0.1, 0.15) is 0 Å². The molecule has 0 amide bonds. The molecule has 1 N–H and O–H groups in total. The van der Waals surface area contributed by atoms with Gasteiger partial charge in [0.15, 0.2) is 5.17 Å². The lowest BCUT2D eigenvalue weighted by molar-refractivity contribution is 0.656. The Morgan fingerprint density at radius 1 is 1.35 bits per heavy atom. The first-order valence-corrected chi connectivity index (χ1v) is 6.64. The third kappa shape index (κ3) is 3.51. The zero-order chi connectivity index (χ0) is 12.5. The number of hydrogen-bond donors (Lipinski definition) is 1. The molecular formula is C13H15ClN2S. The van der Waals surface area contributed by atoms with Crippen LogP contribution in [0.25, 0.3) is 0 Å². The number of amidine groups is 1. The molecule has 1 aliphatic rings. The molecule has 1 aliphatic heterocycles. The predicted octanol–water partition coefficient (Wildman–Crippen LogP) is 4.54. The summed E-state index contributed by atoms with van der Waals surface area (Å²) in [5, 5.41) is 4.93. The van der Waals surface area contributed by atoms with Crippen LogP contribution in [0.2, 0.25) is 5.02 Å². The van der Waals surface area contributed by atoms with Crippen molar-refractivity contribution in [1.29, 1.82) is 0 Å². The van der Waals surface area contributed by atoms with Gasteiger partial charge in [-0.3, -0.25) is 4.99 Å². The molecule has 2 rings (SSSR count). The maximum atomic E-state index is 5.95. The summed E-state index contributed by atoms with van der Waals surface area (Å²) in [5.41, 5.74) is 0.824. The van der Waals surface area contributed by atoms with Gasteiger partial charge in [-0.25, -0.2) is 0 Å². The normalized spacial score (nSPS) is 18.4. The number of allylic oxidation sites excluding steroid dienone is 1. The summed E-state index contributed by atoms with van der Waals surface area (Å²) in [6.07, 6.45) is 2.17. The first kappa shape index (κ1) is 12.5. The Morgan fingerprint density at radius 3 is 2.76 bits per heavy atom. The minimum absolute atomic E-state index is 0.143. The molecule has 0 spiro atoms. The second-order valence-electron chi connectivity index (χ2n) is 4.56. The van der Waals surface area contributed by atoms with Crippen LogP contribution in [-0.4, -0.2) is 10.7 Å². The predicted molar refractivity (Wildman–Crippen MR) is 77.9 cm³/mol. The lowest BCUT2D eigenvalue weighted by atomic mass is 10.1. The third-order valence-corrected chi connectivity index (χ3v) is 3.34. The minimum atomic E-state index is -0.143. The topological polar surface area (TPSA) is 24.4 Å². The first-order chi connectivity index (χ1) is 7.94. The van der Waals surface area contributed by atoms with Crippen LogP contribution in [0.5, 0.6) is 0 Å². The van der Waals surface area contributed by atoms with E-state index in [2.05, 4.69) is 37.2 Å². The second kappa shape index (κ2) is 4.75. The maximum absolute atomic E-state index is 5.95. The standard InChI is InChI=1S/C13H15ClN2S/c1-9-8-13(2,3)16-12(17-9)15-11-6-4-5-10(14)7-11/h4-8H,1-3H3,(H,15,16). The fourth-order valence-corrected chi connectivity index (χ4v) is 3.03. The average Bonchev–Trinajstić information content (AvgIpc) is 2.13. The van der Waals surface area contributed by atoms with E-state index in [4.69, 9.17) is 11.6 Å². The fraction of sp³-hybridized carbons (Fsp3) is 0.308. The molecular weight excluding hydrogens is 252 g/mol. The molecule has 0 fully saturated rings. The number of aliphatic imine (C=N–C) groups is 1. The summed E-state index contributed by atoms with van der Waals surface area (Å²) in [4.78, 5) is 5.90. The van der Waals surface area contributed by atoms with Gasteiger partial charge in [-0.05, 0) is 50.0 Å². The minimum Gasteiger partial charge on any atom is -0.335 e. The number of benzene rings is 1. The molecule has 1 aromatic rings. The maximum Gasteiger partial charge on any atom is 0.166 e. The van der Waals surface area contributed by atoms with Crippen molar-refractivity contribution in [2.24, 2.45) is 4.99 Å². The highest BCUT2D eigenvalue weighted by Crippen LogP contribution is 2.30. The molecule has 4 heteroatoms. The van der Waals surface area contributed by atoms with E-state index in [1.807, 2.05) is 24.3 Å². The molecule has 2 nitrogen and oxygen atoms in total. The molecule has 1 aromatic carbocycles. The highest BCUT2D eigenvalue weighted by atomic mass is 35.5. The van der Waals surface area contributed by atoms with Crippen molar-refractivity contribution >= 4 is 34.2 Å². The van der Waals surface area contributed by atoms with E-state index in [9.17, 15) is 0 Å². The number of halogens is 1. The van der Waals surface area contributed by atoms with E-state index in [1.165, 1.54) is 4.91 Å². The van der Waals surface area contributed by atoms with E-state index in [0.717, 1.165) is 15.9 Å². The lowest BCUT2D eigenvalue weighted by Crippen LogP contribution is -2.22. The van der Waals surface area contributed by atoms with Gasteiger partial charge in [0.2, 0.25) is 0 Å². The van der Waals surface area contributed by atoms with E-state index in [1.54, 1.807) is 11.8 Å². The molecule has 0 bridgehead atoms. The van der Waals surface area contributed by atoms with Gasteiger partial charge in [0.25, 0.3) is 0 Å². The van der Waals surface area contributed by atoms with Crippen LogP contribution in [0.3, 0.4) is 0 Å². The molecule has 90 valence electrons. The van der Waals surface area contributed by atoms with E-state index in [0.29, 0.717) is 0 Å². The smallest absolute Gasteiger partial charge is 0.166 e. The van der Waals surface area contributed by atoms with Crippen molar-refractivity contribution in [1.82, 2.24) is 0 Å². The zero-order valence-corrected chi connectivity index (χ0v) is 11.7. The Balaban J connectivity index is 2.18. The Morgan fingerprint density at radius 2 is 2.12 bits per heavy atom. The average molecular weight is 267 g/mol. The summed E-state index contributed by atoms with van der Waals surface area (Å²) in [6, 6.07) is 7.66. The zero-order valence-electron chi connectivity index (χ0n) is 10.1. The highest BCUT2D eigenvalue weighted by Gasteiger charge is 2.20. The molecule has 0 aliphatic carbocycles. The molecule has 1 heterocycles. The number of hydrogen-bond acceptors (Lipinski definition) is 3. The van der Waals surface area contributed by atoms with Crippen molar-refractivity contribution in [2.75, 3.05) is 5.32 Å². The van der Waals surface area contributed by atoms with Crippen molar-refractivity contribution in [2.45, 2.75) is 26.3 Å². The van der Waals surface area contributed by atoms with Gasteiger partial charge in [0.05, 0.1) is 5.54 Å². The number of thioether (sulfide) groups is 1. The van der Waals surface area contributed by atoms with Crippen LogP contribution < -0.4 is 5.32 Å². The van der Waals surface area contributed by atoms with Crippen molar-refractivity contribution in [3.8, 4) is 0 Å². The number of nitrogens with zero attached hydrogens (tertiary/aromatic N) is 1. The first-order valence-electron chi connectivity index (χ1n) is 5.44. The summed E-state index contributed by atoms with van der Waals surface area (Å²) in [5.74, 6) is 0. The van der Waals surface area contributed by atoms with Gasteiger partial charge in [-0.1, -0.05) is 29.4 Å². The van der Waals surface area contributed by atoms with Gasteiger partial charge in [0, 0.05) is 10.7 Å². The Kier molecular flexibility index (Phi) is 3.50. The van der Waals surface area contributed by atoms with Crippen LogP contribution in [0.15, 0.2) is 40.2 Å². The summed E-state index contributed by atoms with van der Waals surface area (Å²) < 4.78 is 0. The summed E-state index contributed by atoms with van der Waals surface area (Å²) >= 11 is 7.60. The number of anilines is 1. The van der Waals surface area contributed by atoms with Gasteiger partial charge < -0.3 is 5.32 Å². The van der Waals surface area contributed by atoms with Crippen LogP contribution >= 0.6 is 23.4 Å². The number of nitrogens with one attached hydrogen (secondary N) is 1. The molecule has 0 saturated heterocycles. The highest BCUT2D eigenvalue weighted by molar-refractivity contribution is 8.17. The van der Waals surface area contributed by atoms with Crippen LogP contribution in [0.4, 0.5) is 5.69 Å². The molecule has 0 radical (unpaired) electrons. The summed E-state index contributed by atoms with van der Waals surface area (Å²) in [7, 11) is 0. The number of rotatable bonds is 1. The third-order valence-electron chi connectivity index (χ3n) is 2.28. The fourth-order valence-electron chi connectivity index (χ4n) is 1.74. The van der Waals surface area contributed by atoms with Crippen LogP contribution in [0, 0.1) is 0 Å². The van der Waals surface area contributed by atoms with Crippen molar-refractivity contribution in [3.63, 3.8) is 0 Å². The van der Waals surface area contributed by atoms with Crippen molar-refractivity contribution < 1.29 is 0 Å². The molecule has 0 aromatic heterocycles.